The first-order valence-electron chi connectivity index (χ1n) is 8.79. The van der Waals surface area contributed by atoms with Crippen LogP contribution in [0, 0.1) is 0 Å². The van der Waals surface area contributed by atoms with Crippen molar-refractivity contribution < 1.29 is 24.0 Å². The summed E-state index contributed by atoms with van der Waals surface area (Å²) < 4.78 is 10.5. The number of quaternary nitrogens is 1. The molecule has 0 saturated carbocycles. The van der Waals surface area contributed by atoms with E-state index in [1.807, 2.05) is 0 Å². The maximum Gasteiger partial charge on any atom is 0.260 e. The molecule has 1 aliphatic heterocycles. The van der Waals surface area contributed by atoms with E-state index in [1.54, 1.807) is 25.3 Å². The van der Waals surface area contributed by atoms with Gasteiger partial charge in [0, 0.05) is 12.5 Å². The second kappa shape index (κ2) is 7.98. The Labute approximate surface area is 162 Å². The molecule has 144 valence electrons. The molecular formula is C19H24N3O4S+. The SMILES string of the molecule is CC[NH+]1CCc2c(sc(NC(=O)c3ccc(OC)cc3OC)c2C(N)=O)C1. The summed E-state index contributed by atoms with van der Waals surface area (Å²) in [7, 11) is 3.04. The van der Waals surface area contributed by atoms with Gasteiger partial charge in [-0.2, -0.15) is 0 Å². The Morgan fingerprint density at radius 3 is 2.70 bits per heavy atom. The number of benzene rings is 1. The van der Waals surface area contributed by atoms with Gasteiger partial charge in [0.05, 0.1) is 43.3 Å². The van der Waals surface area contributed by atoms with E-state index in [1.165, 1.54) is 23.3 Å². The Bertz CT molecular complexity index is 878. The Kier molecular flexibility index (Phi) is 5.67. The van der Waals surface area contributed by atoms with Crippen LogP contribution in [0.3, 0.4) is 0 Å². The Balaban J connectivity index is 1.93. The fourth-order valence-corrected chi connectivity index (χ4v) is 4.66. The molecule has 1 aromatic carbocycles. The molecule has 27 heavy (non-hydrogen) atoms. The van der Waals surface area contributed by atoms with Crippen LogP contribution in [0.25, 0.3) is 0 Å². The number of methoxy groups -OCH3 is 2. The molecule has 2 aromatic rings. The summed E-state index contributed by atoms with van der Waals surface area (Å²) in [5, 5.41) is 3.37. The van der Waals surface area contributed by atoms with Crippen molar-refractivity contribution in [1.29, 1.82) is 0 Å². The number of carbonyl (C=O) groups excluding carboxylic acids is 2. The number of carbonyl (C=O) groups is 2. The highest BCUT2D eigenvalue weighted by Gasteiger charge is 2.29. The maximum atomic E-state index is 12.8. The lowest BCUT2D eigenvalue weighted by Crippen LogP contribution is -3.11. The normalized spacial score (nSPS) is 15.7. The van der Waals surface area contributed by atoms with Crippen molar-refractivity contribution in [3.63, 3.8) is 0 Å². The summed E-state index contributed by atoms with van der Waals surface area (Å²) in [6, 6.07) is 4.97. The van der Waals surface area contributed by atoms with Gasteiger partial charge in [-0.05, 0) is 24.6 Å². The summed E-state index contributed by atoms with van der Waals surface area (Å²) in [4.78, 5) is 27.4. The lowest BCUT2D eigenvalue weighted by atomic mass is 10.0. The summed E-state index contributed by atoms with van der Waals surface area (Å²) in [5.74, 6) is 0.130. The maximum absolute atomic E-state index is 12.8. The third-order valence-corrected chi connectivity index (χ3v) is 6.00. The summed E-state index contributed by atoms with van der Waals surface area (Å²) >= 11 is 1.43. The number of nitrogens with one attached hydrogen (secondary N) is 2. The van der Waals surface area contributed by atoms with Crippen LogP contribution < -0.4 is 25.4 Å². The van der Waals surface area contributed by atoms with E-state index in [2.05, 4.69) is 12.2 Å². The van der Waals surface area contributed by atoms with E-state index in [9.17, 15) is 9.59 Å². The van der Waals surface area contributed by atoms with Crippen molar-refractivity contribution in [2.75, 3.05) is 32.6 Å². The average Bonchev–Trinajstić information content (AvgIpc) is 3.04. The molecule has 0 radical (unpaired) electrons. The van der Waals surface area contributed by atoms with Crippen molar-refractivity contribution in [2.24, 2.45) is 5.73 Å². The molecule has 2 heterocycles. The number of hydrogen-bond acceptors (Lipinski definition) is 5. The number of hydrogen-bond donors (Lipinski definition) is 3. The van der Waals surface area contributed by atoms with Gasteiger partial charge in [0.25, 0.3) is 11.8 Å². The molecule has 0 aliphatic carbocycles. The number of fused-ring (bicyclic) bond motifs is 1. The highest BCUT2D eigenvalue weighted by molar-refractivity contribution is 7.17. The fraction of sp³-hybridized carbons (Fsp3) is 0.368. The minimum atomic E-state index is -0.510. The number of thiophene rings is 1. The molecule has 3 rings (SSSR count). The van der Waals surface area contributed by atoms with Crippen LogP contribution in [0.15, 0.2) is 18.2 Å². The highest BCUT2D eigenvalue weighted by atomic mass is 32.1. The first-order valence-corrected chi connectivity index (χ1v) is 9.61. The van der Waals surface area contributed by atoms with E-state index in [0.717, 1.165) is 36.5 Å². The minimum Gasteiger partial charge on any atom is -0.497 e. The second-order valence-electron chi connectivity index (χ2n) is 6.37. The first kappa shape index (κ1) is 19.2. The molecule has 8 heteroatoms. The molecule has 1 aliphatic rings. The van der Waals surface area contributed by atoms with Gasteiger partial charge in [-0.1, -0.05) is 0 Å². The molecule has 0 bridgehead atoms. The first-order chi connectivity index (χ1) is 13.0. The smallest absolute Gasteiger partial charge is 0.260 e. The number of primary amides is 1. The van der Waals surface area contributed by atoms with Crippen LogP contribution in [0.1, 0.15) is 38.1 Å². The summed E-state index contributed by atoms with van der Waals surface area (Å²) in [5.41, 5.74) is 7.40. The van der Waals surface area contributed by atoms with Gasteiger partial charge in [0.15, 0.2) is 0 Å². The lowest BCUT2D eigenvalue weighted by Gasteiger charge is -2.22. The Morgan fingerprint density at radius 2 is 2.07 bits per heavy atom. The highest BCUT2D eigenvalue weighted by Crippen LogP contribution is 2.35. The van der Waals surface area contributed by atoms with E-state index in [0.29, 0.717) is 27.6 Å². The van der Waals surface area contributed by atoms with Crippen LogP contribution >= 0.6 is 11.3 Å². The van der Waals surface area contributed by atoms with Crippen molar-refractivity contribution in [1.82, 2.24) is 0 Å². The standard InChI is InChI=1S/C19H23N3O4S/c1-4-22-8-7-13-15(10-22)27-19(16(13)17(20)23)21-18(24)12-6-5-11(25-2)9-14(12)26-3/h5-6,9H,4,7-8,10H2,1-3H3,(H2,20,23)(H,21,24)/p+1. The Morgan fingerprint density at radius 1 is 1.30 bits per heavy atom. The van der Waals surface area contributed by atoms with E-state index in [-0.39, 0.29) is 5.91 Å². The van der Waals surface area contributed by atoms with Gasteiger partial charge in [-0.15, -0.1) is 11.3 Å². The minimum absolute atomic E-state index is 0.352. The van der Waals surface area contributed by atoms with Crippen LogP contribution in [-0.2, 0) is 13.0 Å². The van der Waals surface area contributed by atoms with Gasteiger partial charge in [-0.25, -0.2) is 0 Å². The number of ether oxygens (including phenoxy) is 2. The molecule has 7 nitrogen and oxygen atoms in total. The van der Waals surface area contributed by atoms with E-state index >= 15 is 0 Å². The molecule has 0 saturated heterocycles. The predicted octanol–water partition coefficient (Wildman–Crippen LogP) is 1.08. The van der Waals surface area contributed by atoms with Gasteiger partial charge < -0.3 is 25.4 Å². The number of rotatable bonds is 6. The third kappa shape index (κ3) is 3.77. The number of anilines is 1. The number of amides is 2. The van der Waals surface area contributed by atoms with E-state index < -0.39 is 5.91 Å². The van der Waals surface area contributed by atoms with Crippen LogP contribution in [0.5, 0.6) is 11.5 Å². The molecule has 0 fully saturated rings. The predicted molar refractivity (Wildman–Crippen MR) is 104 cm³/mol. The van der Waals surface area contributed by atoms with Gasteiger partial charge in [-0.3, -0.25) is 9.59 Å². The molecule has 1 unspecified atom stereocenters. The summed E-state index contributed by atoms with van der Waals surface area (Å²) in [6.07, 6.45) is 0.787. The zero-order chi connectivity index (χ0) is 19.6. The fourth-order valence-electron chi connectivity index (χ4n) is 3.34. The third-order valence-electron chi connectivity index (χ3n) is 4.86. The lowest BCUT2D eigenvalue weighted by molar-refractivity contribution is -0.913. The zero-order valence-electron chi connectivity index (χ0n) is 15.7. The van der Waals surface area contributed by atoms with Crippen molar-refractivity contribution in [3.05, 3.63) is 39.8 Å². The largest absolute Gasteiger partial charge is 0.497 e. The second-order valence-corrected chi connectivity index (χ2v) is 7.48. The summed E-state index contributed by atoms with van der Waals surface area (Å²) in [6.45, 7) is 4.97. The number of likely N-dealkylation sites (N-methyl/N-ethyl adjacent to an activating group) is 1. The Hall–Kier alpha value is -2.58. The van der Waals surface area contributed by atoms with Crippen molar-refractivity contribution in [3.8, 4) is 11.5 Å². The van der Waals surface area contributed by atoms with Crippen molar-refractivity contribution in [2.45, 2.75) is 19.9 Å². The molecule has 2 amide bonds. The van der Waals surface area contributed by atoms with Crippen LogP contribution in [0.2, 0.25) is 0 Å². The van der Waals surface area contributed by atoms with Gasteiger partial charge in [0.1, 0.15) is 23.0 Å². The van der Waals surface area contributed by atoms with Crippen LogP contribution in [0.4, 0.5) is 5.00 Å². The van der Waals surface area contributed by atoms with Gasteiger partial charge >= 0.3 is 0 Å². The zero-order valence-corrected chi connectivity index (χ0v) is 16.5. The molecule has 1 atom stereocenters. The van der Waals surface area contributed by atoms with E-state index in [4.69, 9.17) is 15.2 Å². The van der Waals surface area contributed by atoms with Gasteiger partial charge in [0.2, 0.25) is 0 Å². The van der Waals surface area contributed by atoms with Crippen molar-refractivity contribution >= 4 is 28.2 Å². The molecular weight excluding hydrogens is 366 g/mol. The molecule has 4 N–H and O–H groups in total. The average molecular weight is 390 g/mol. The number of nitrogens with two attached hydrogens (primary N) is 1. The molecule has 1 aromatic heterocycles. The molecule has 0 spiro atoms. The topological polar surface area (TPSA) is 95.1 Å². The van der Waals surface area contributed by atoms with Crippen LogP contribution in [-0.4, -0.2) is 39.1 Å². The quantitative estimate of drug-likeness (QED) is 0.688. The monoisotopic (exact) mass is 390 g/mol.